The summed E-state index contributed by atoms with van der Waals surface area (Å²) in [7, 11) is -3.47. The van der Waals surface area contributed by atoms with Crippen LogP contribution >= 0.6 is 0 Å². The average Bonchev–Trinajstić information content (AvgIpc) is 1.99. The summed E-state index contributed by atoms with van der Waals surface area (Å²) in [5.41, 5.74) is 0. The van der Waals surface area contributed by atoms with Crippen LogP contribution in [0.5, 0.6) is 0 Å². The standard InChI is InChI=1S/C8H22O3Si2/c1-12(2,7-5-6-9)11-13(3,4)8-10/h9-10H,5-8H2,1-4H3. The molecule has 0 spiro atoms. The maximum absolute atomic E-state index is 9.09. The van der Waals surface area contributed by atoms with E-state index in [0.717, 1.165) is 12.5 Å². The minimum atomic E-state index is -1.83. The fourth-order valence-corrected chi connectivity index (χ4v) is 9.00. The van der Waals surface area contributed by atoms with Crippen molar-refractivity contribution < 1.29 is 14.3 Å². The van der Waals surface area contributed by atoms with Crippen molar-refractivity contribution in [2.24, 2.45) is 0 Å². The first-order valence-corrected chi connectivity index (χ1v) is 11.0. The first-order chi connectivity index (χ1) is 5.83. The van der Waals surface area contributed by atoms with E-state index >= 15 is 0 Å². The van der Waals surface area contributed by atoms with Gasteiger partial charge >= 0.3 is 0 Å². The number of hydrogen-bond donors (Lipinski definition) is 2. The minimum absolute atomic E-state index is 0.183. The Balaban J connectivity index is 4.00. The monoisotopic (exact) mass is 222 g/mol. The van der Waals surface area contributed by atoms with Gasteiger partial charge in [0.05, 0.1) is 6.23 Å². The van der Waals surface area contributed by atoms with E-state index in [0.29, 0.717) is 0 Å². The molecule has 5 heteroatoms. The molecular weight excluding hydrogens is 200 g/mol. The largest absolute Gasteiger partial charge is 0.454 e. The molecule has 0 aliphatic heterocycles. The molecule has 0 amide bonds. The van der Waals surface area contributed by atoms with Crippen molar-refractivity contribution in [3.8, 4) is 0 Å². The highest BCUT2D eigenvalue weighted by molar-refractivity contribution is 6.84. The number of aliphatic hydroxyl groups excluding tert-OH is 2. The number of rotatable bonds is 6. The molecule has 0 radical (unpaired) electrons. The van der Waals surface area contributed by atoms with E-state index in [1.165, 1.54) is 0 Å². The molecule has 13 heavy (non-hydrogen) atoms. The molecule has 0 heterocycles. The summed E-state index contributed by atoms with van der Waals surface area (Å²) in [5, 5.41) is 17.8. The lowest BCUT2D eigenvalue weighted by Crippen LogP contribution is -2.47. The van der Waals surface area contributed by atoms with E-state index in [9.17, 15) is 0 Å². The fourth-order valence-electron chi connectivity index (χ4n) is 1.34. The van der Waals surface area contributed by atoms with Gasteiger partial charge in [-0.15, -0.1) is 0 Å². The van der Waals surface area contributed by atoms with Crippen molar-refractivity contribution in [1.82, 2.24) is 0 Å². The lowest BCUT2D eigenvalue weighted by Gasteiger charge is -2.32. The van der Waals surface area contributed by atoms with Gasteiger partial charge < -0.3 is 14.3 Å². The third kappa shape index (κ3) is 6.39. The second-order valence-electron chi connectivity index (χ2n) is 4.61. The molecule has 0 saturated heterocycles. The van der Waals surface area contributed by atoms with Gasteiger partial charge in [-0.25, -0.2) is 0 Å². The Morgan fingerprint density at radius 3 is 1.92 bits per heavy atom. The normalized spacial score (nSPS) is 13.4. The van der Waals surface area contributed by atoms with E-state index in [1.54, 1.807) is 0 Å². The zero-order valence-corrected chi connectivity index (χ0v) is 11.1. The van der Waals surface area contributed by atoms with E-state index in [4.69, 9.17) is 14.3 Å². The molecule has 0 aliphatic carbocycles. The van der Waals surface area contributed by atoms with Gasteiger partial charge in [0.15, 0.2) is 16.6 Å². The lowest BCUT2D eigenvalue weighted by atomic mass is 10.5. The molecule has 0 aliphatic rings. The van der Waals surface area contributed by atoms with Gasteiger partial charge in [-0.2, -0.15) is 0 Å². The van der Waals surface area contributed by atoms with E-state index in [1.807, 2.05) is 13.1 Å². The Bertz CT molecular complexity index is 148. The predicted molar refractivity (Wildman–Crippen MR) is 59.6 cm³/mol. The summed E-state index contributed by atoms with van der Waals surface area (Å²) in [6.07, 6.45) is 0.998. The average molecular weight is 222 g/mol. The molecule has 80 valence electrons. The quantitative estimate of drug-likeness (QED) is 0.667. The minimum Gasteiger partial charge on any atom is -0.454 e. The highest BCUT2D eigenvalue weighted by Crippen LogP contribution is 2.19. The first kappa shape index (κ1) is 13.3. The topological polar surface area (TPSA) is 49.7 Å². The van der Waals surface area contributed by atoms with E-state index in [2.05, 4.69) is 13.1 Å². The van der Waals surface area contributed by atoms with Crippen LogP contribution in [0.3, 0.4) is 0 Å². The Kier molecular flexibility index (Phi) is 5.38. The lowest BCUT2D eigenvalue weighted by molar-refractivity contribution is 0.291. The zero-order chi connectivity index (χ0) is 10.5. The summed E-state index contributed by atoms with van der Waals surface area (Å²) in [4.78, 5) is 0. The Morgan fingerprint density at radius 1 is 1.00 bits per heavy atom. The van der Waals surface area contributed by atoms with Crippen LogP contribution in [0.25, 0.3) is 0 Å². The van der Waals surface area contributed by atoms with Gasteiger partial charge in [0.25, 0.3) is 0 Å². The second kappa shape index (κ2) is 5.26. The second-order valence-corrected chi connectivity index (χ2v) is 13.3. The number of hydrogen-bond acceptors (Lipinski definition) is 3. The summed E-state index contributed by atoms with van der Waals surface area (Å²) in [6.45, 7) is 8.59. The van der Waals surface area contributed by atoms with Crippen molar-refractivity contribution in [3.63, 3.8) is 0 Å². The van der Waals surface area contributed by atoms with Crippen LogP contribution < -0.4 is 0 Å². The van der Waals surface area contributed by atoms with Crippen molar-refractivity contribution in [3.05, 3.63) is 0 Å². The van der Waals surface area contributed by atoms with Gasteiger partial charge in [0.1, 0.15) is 0 Å². The molecule has 0 aromatic heterocycles. The molecule has 0 aromatic rings. The molecule has 2 N–H and O–H groups in total. The highest BCUT2D eigenvalue weighted by Gasteiger charge is 2.31. The molecule has 0 unspecified atom stereocenters. The molecule has 0 fully saturated rings. The van der Waals surface area contributed by atoms with Gasteiger partial charge in [0, 0.05) is 6.61 Å². The predicted octanol–water partition coefficient (Wildman–Crippen LogP) is 1.33. The van der Waals surface area contributed by atoms with Crippen molar-refractivity contribution in [1.29, 1.82) is 0 Å². The van der Waals surface area contributed by atoms with Gasteiger partial charge in [-0.3, -0.25) is 0 Å². The van der Waals surface area contributed by atoms with Crippen LogP contribution in [-0.4, -0.2) is 39.7 Å². The SMILES string of the molecule is C[Si](C)(CO)O[Si](C)(C)CCCO. The van der Waals surface area contributed by atoms with Crippen LogP contribution in [0, 0.1) is 0 Å². The summed E-state index contributed by atoms with van der Waals surface area (Å²) < 4.78 is 5.99. The smallest absolute Gasteiger partial charge is 0.199 e. The summed E-state index contributed by atoms with van der Waals surface area (Å²) in [5.74, 6) is 0. The van der Waals surface area contributed by atoms with Gasteiger partial charge in [-0.1, -0.05) is 0 Å². The Labute approximate surface area is 83.0 Å². The maximum atomic E-state index is 9.09. The highest BCUT2D eigenvalue weighted by atomic mass is 28.4. The van der Waals surface area contributed by atoms with E-state index < -0.39 is 16.6 Å². The Morgan fingerprint density at radius 2 is 1.54 bits per heavy atom. The van der Waals surface area contributed by atoms with Crippen LogP contribution in [0.15, 0.2) is 0 Å². The van der Waals surface area contributed by atoms with Crippen LogP contribution in [-0.2, 0) is 4.12 Å². The summed E-state index contributed by atoms with van der Waals surface area (Å²) in [6, 6.07) is 0.972. The van der Waals surface area contributed by atoms with Crippen molar-refractivity contribution >= 4 is 16.6 Å². The Hall–Kier alpha value is 0.314. The van der Waals surface area contributed by atoms with Crippen molar-refractivity contribution in [2.75, 3.05) is 12.8 Å². The fraction of sp³-hybridized carbons (Fsp3) is 1.00. The third-order valence-corrected chi connectivity index (χ3v) is 8.61. The number of aliphatic hydroxyl groups is 2. The van der Waals surface area contributed by atoms with Crippen LogP contribution in [0.4, 0.5) is 0 Å². The zero-order valence-electron chi connectivity index (χ0n) is 9.13. The third-order valence-electron chi connectivity index (χ3n) is 1.87. The first-order valence-electron chi connectivity index (χ1n) is 4.75. The molecule has 0 atom stereocenters. The molecule has 0 bridgehead atoms. The van der Waals surface area contributed by atoms with Gasteiger partial charge in [0.2, 0.25) is 0 Å². The van der Waals surface area contributed by atoms with Crippen molar-refractivity contribution in [2.45, 2.75) is 38.7 Å². The molecule has 0 aromatic carbocycles. The molecule has 0 saturated carbocycles. The van der Waals surface area contributed by atoms with E-state index in [-0.39, 0.29) is 12.8 Å². The maximum Gasteiger partial charge on any atom is 0.199 e. The van der Waals surface area contributed by atoms with Crippen LogP contribution in [0.1, 0.15) is 6.42 Å². The molecular formula is C8H22O3Si2. The molecule has 0 rings (SSSR count). The van der Waals surface area contributed by atoms with Crippen LogP contribution in [0.2, 0.25) is 32.2 Å². The summed E-state index contributed by atoms with van der Waals surface area (Å²) >= 11 is 0. The van der Waals surface area contributed by atoms with Gasteiger partial charge in [-0.05, 0) is 38.7 Å². The molecule has 3 nitrogen and oxygen atoms in total.